The highest BCUT2D eigenvalue weighted by Gasteiger charge is 2.05. The number of hydrogen-bond acceptors (Lipinski definition) is 2. The van der Waals surface area contributed by atoms with E-state index in [1.165, 1.54) is 0 Å². The van der Waals surface area contributed by atoms with Gasteiger partial charge in [0.25, 0.3) is 0 Å². The van der Waals surface area contributed by atoms with Gasteiger partial charge in [-0.3, -0.25) is 4.79 Å². The maximum atomic E-state index is 11.8. The van der Waals surface area contributed by atoms with Crippen molar-refractivity contribution in [1.82, 2.24) is 0 Å². The summed E-state index contributed by atoms with van der Waals surface area (Å²) >= 11 is 11.7. The molecule has 2 N–H and O–H groups in total. The molecule has 102 valence electrons. The number of halogens is 2. The Kier molecular flexibility index (Phi) is 4.61. The predicted octanol–water partition coefficient (Wildman–Crippen LogP) is 4.45. The van der Waals surface area contributed by atoms with E-state index in [0.29, 0.717) is 33.3 Å². The fourth-order valence-electron chi connectivity index (χ4n) is 1.61. The number of aldehydes is 1. The lowest BCUT2D eigenvalue weighted by atomic mass is 10.2. The standard InChI is InChI=1S/C14H10Cl2N2O2/c15-10-5-11(16)7-13(6-10)18-14(20)17-12-3-1-2-9(4-12)8-19/h1-8H,(H2,17,18,20). The molecular weight excluding hydrogens is 299 g/mol. The van der Waals surface area contributed by atoms with Crippen LogP contribution in [0.2, 0.25) is 10.0 Å². The summed E-state index contributed by atoms with van der Waals surface area (Å²) in [5.74, 6) is 0. The summed E-state index contributed by atoms with van der Waals surface area (Å²) in [6.07, 6.45) is 0.708. The van der Waals surface area contributed by atoms with E-state index in [0.717, 1.165) is 0 Å². The minimum atomic E-state index is -0.452. The second kappa shape index (κ2) is 6.41. The quantitative estimate of drug-likeness (QED) is 0.823. The molecule has 0 aliphatic rings. The molecule has 0 bridgehead atoms. The summed E-state index contributed by atoms with van der Waals surface area (Å²) in [6, 6.07) is 10.8. The fraction of sp³-hybridized carbons (Fsp3) is 0. The van der Waals surface area contributed by atoms with Crippen molar-refractivity contribution in [2.75, 3.05) is 10.6 Å². The zero-order chi connectivity index (χ0) is 14.5. The van der Waals surface area contributed by atoms with Crippen LogP contribution in [0.1, 0.15) is 10.4 Å². The molecule has 2 amide bonds. The van der Waals surface area contributed by atoms with Crippen LogP contribution in [0.4, 0.5) is 16.2 Å². The van der Waals surface area contributed by atoms with Crippen molar-refractivity contribution < 1.29 is 9.59 Å². The first-order valence-corrected chi connectivity index (χ1v) is 6.42. The Hall–Kier alpha value is -2.04. The molecule has 0 aromatic heterocycles. The van der Waals surface area contributed by atoms with E-state index in [4.69, 9.17) is 23.2 Å². The summed E-state index contributed by atoms with van der Waals surface area (Å²) in [6.45, 7) is 0. The van der Waals surface area contributed by atoms with Crippen LogP contribution >= 0.6 is 23.2 Å². The first-order chi connectivity index (χ1) is 9.56. The van der Waals surface area contributed by atoms with Crippen LogP contribution in [0.5, 0.6) is 0 Å². The third kappa shape index (κ3) is 3.98. The molecule has 0 heterocycles. The summed E-state index contributed by atoms with van der Waals surface area (Å²) in [5, 5.41) is 6.06. The molecule has 0 radical (unpaired) electrons. The highest BCUT2D eigenvalue weighted by molar-refractivity contribution is 6.35. The number of urea groups is 1. The fourth-order valence-corrected chi connectivity index (χ4v) is 2.14. The molecule has 2 rings (SSSR count). The number of anilines is 2. The van der Waals surface area contributed by atoms with E-state index in [1.807, 2.05) is 0 Å². The predicted molar refractivity (Wildman–Crippen MR) is 80.9 cm³/mol. The minimum absolute atomic E-state index is 0.427. The van der Waals surface area contributed by atoms with Crippen molar-refractivity contribution in [1.29, 1.82) is 0 Å². The van der Waals surface area contributed by atoms with Gasteiger partial charge in [-0.15, -0.1) is 0 Å². The summed E-state index contributed by atoms with van der Waals surface area (Å²) in [5.41, 5.74) is 1.47. The molecule has 4 nitrogen and oxygen atoms in total. The van der Waals surface area contributed by atoms with E-state index in [-0.39, 0.29) is 0 Å². The van der Waals surface area contributed by atoms with Crippen molar-refractivity contribution in [3.8, 4) is 0 Å². The van der Waals surface area contributed by atoms with Crippen molar-refractivity contribution in [2.45, 2.75) is 0 Å². The zero-order valence-corrected chi connectivity index (χ0v) is 11.7. The molecule has 2 aromatic rings. The Morgan fingerprint density at radius 1 is 0.950 bits per heavy atom. The maximum absolute atomic E-state index is 11.8. The molecule has 0 aliphatic heterocycles. The normalized spacial score (nSPS) is 9.90. The van der Waals surface area contributed by atoms with Gasteiger partial charge in [0.1, 0.15) is 6.29 Å². The molecule has 6 heteroatoms. The van der Waals surface area contributed by atoms with Gasteiger partial charge in [0.05, 0.1) is 0 Å². The highest BCUT2D eigenvalue weighted by Crippen LogP contribution is 2.22. The van der Waals surface area contributed by atoms with Crippen LogP contribution in [0.3, 0.4) is 0 Å². The van der Waals surface area contributed by atoms with Crippen molar-refractivity contribution in [2.24, 2.45) is 0 Å². The van der Waals surface area contributed by atoms with Gasteiger partial charge < -0.3 is 10.6 Å². The number of rotatable bonds is 3. The average molecular weight is 309 g/mol. The van der Waals surface area contributed by atoms with Crippen LogP contribution in [0, 0.1) is 0 Å². The lowest BCUT2D eigenvalue weighted by Crippen LogP contribution is -2.19. The number of carbonyl (C=O) groups excluding carboxylic acids is 2. The number of carbonyl (C=O) groups is 2. The second-order valence-corrected chi connectivity index (χ2v) is 4.85. The Morgan fingerprint density at radius 3 is 2.25 bits per heavy atom. The largest absolute Gasteiger partial charge is 0.323 e. The van der Waals surface area contributed by atoms with Gasteiger partial charge in [0.2, 0.25) is 0 Å². The highest BCUT2D eigenvalue weighted by atomic mass is 35.5. The van der Waals surface area contributed by atoms with Gasteiger partial charge in [-0.05, 0) is 30.3 Å². The van der Waals surface area contributed by atoms with Gasteiger partial charge >= 0.3 is 6.03 Å². The summed E-state index contributed by atoms with van der Waals surface area (Å²) in [4.78, 5) is 22.5. The van der Waals surface area contributed by atoms with E-state index in [1.54, 1.807) is 42.5 Å². The average Bonchev–Trinajstić information content (AvgIpc) is 2.37. The lowest BCUT2D eigenvalue weighted by molar-refractivity contribution is 0.112. The van der Waals surface area contributed by atoms with Crippen molar-refractivity contribution >= 4 is 46.9 Å². The molecule has 0 fully saturated rings. The first-order valence-electron chi connectivity index (χ1n) is 5.66. The smallest absolute Gasteiger partial charge is 0.308 e. The van der Waals surface area contributed by atoms with Crippen molar-refractivity contribution in [3.63, 3.8) is 0 Å². The number of nitrogens with one attached hydrogen (secondary N) is 2. The third-order valence-corrected chi connectivity index (χ3v) is 2.84. The van der Waals surface area contributed by atoms with E-state index in [2.05, 4.69) is 10.6 Å². The van der Waals surface area contributed by atoms with Gasteiger partial charge in [-0.25, -0.2) is 4.79 Å². The first kappa shape index (κ1) is 14.4. The van der Waals surface area contributed by atoms with E-state index in [9.17, 15) is 9.59 Å². The number of benzene rings is 2. The van der Waals surface area contributed by atoms with Crippen molar-refractivity contribution in [3.05, 3.63) is 58.1 Å². The molecule has 2 aromatic carbocycles. The van der Waals surface area contributed by atoms with E-state index >= 15 is 0 Å². The molecular formula is C14H10Cl2N2O2. The topological polar surface area (TPSA) is 58.2 Å². The van der Waals surface area contributed by atoms with Gasteiger partial charge in [0, 0.05) is 27.0 Å². The molecule has 0 atom stereocenters. The third-order valence-electron chi connectivity index (χ3n) is 2.40. The Bertz CT molecular complexity index is 639. The van der Waals surface area contributed by atoms with Crippen LogP contribution in [-0.4, -0.2) is 12.3 Å². The van der Waals surface area contributed by atoms with Crippen LogP contribution < -0.4 is 10.6 Å². The summed E-state index contributed by atoms with van der Waals surface area (Å²) in [7, 11) is 0. The van der Waals surface area contributed by atoms with Crippen LogP contribution in [-0.2, 0) is 0 Å². The molecule has 20 heavy (non-hydrogen) atoms. The Balaban J connectivity index is 2.06. The number of amides is 2. The monoisotopic (exact) mass is 308 g/mol. The molecule has 0 unspecified atom stereocenters. The van der Waals surface area contributed by atoms with Gasteiger partial charge in [-0.1, -0.05) is 35.3 Å². The van der Waals surface area contributed by atoms with Crippen LogP contribution in [0.15, 0.2) is 42.5 Å². The van der Waals surface area contributed by atoms with Gasteiger partial charge in [-0.2, -0.15) is 0 Å². The SMILES string of the molecule is O=Cc1cccc(NC(=O)Nc2cc(Cl)cc(Cl)c2)c1. The molecule has 0 aliphatic carbocycles. The molecule has 0 saturated carbocycles. The van der Waals surface area contributed by atoms with E-state index < -0.39 is 6.03 Å². The second-order valence-electron chi connectivity index (χ2n) is 3.98. The Labute approximate surface area is 125 Å². The molecule has 0 spiro atoms. The minimum Gasteiger partial charge on any atom is -0.308 e. The number of hydrogen-bond donors (Lipinski definition) is 2. The zero-order valence-electron chi connectivity index (χ0n) is 10.2. The van der Waals surface area contributed by atoms with Crippen LogP contribution in [0.25, 0.3) is 0 Å². The summed E-state index contributed by atoms with van der Waals surface area (Å²) < 4.78 is 0. The molecule has 0 saturated heterocycles. The Morgan fingerprint density at radius 2 is 1.60 bits per heavy atom. The maximum Gasteiger partial charge on any atom is 0.323 e. The van der Waals surface area contributed by atoms with Gasteiger partial charge in [0.15, 0.2) is 0 Å². The lowest BCUT2D eigenvalue weighted by Gasteiger charge is -2.08.